The van der Waals surface area contributed by atoms with Gasteiger partial charge in [0.05, 0.1) is 0 Å². The van der Waals surface area contributed by atoms with Crippen molar-refractivity contribution < 1.29 is 14.3 Å². The van der Waals surface area contributed by atoms with Gasteiger partial charge in [0, 0.05) is 48.5 Å². The zero-order chi connectivity index (χ0) is 18.4. The van der Waals surface area contributed by atoms with Crippen LogP contribution in [0.15, 0.2) is 23.1 Å². The van der Waals surface area contributed by atoms with Gasteiger partial charge in [-0.25, -0.2) is 0 Å². The van der Waals surface area contributed by atoms with E-state index in [1.54, 1.807) is 0 Å². The molecule has 5 nitrogen and oxygen atoms in total. The standard InChI is InChI=1S/C21H24N2O3S/c24-17-15-5-4-14(23-10-2-1-3-11-23)12-16(15)19-20(18(17)25)27-13-21(26-19)6-8-22-9-7-21/h4-5,12,22H,1-3,6-11,13H2. The van der Waals surface area contributed by atoms with Gasteiger partial charge in [-0.05, 0) is 50.6 Å². The van der Waals surface area contributed by atoms with Crippen LogP contribution < -0.4 is 10.2 Å². The van der Waals surface area contributed by atoms with E-state index in [0.29, 0.717) is 16.2 Å². The van der Waals surface area contributed by atoms with Crippen LogP contribution in [0, 0.1) is 0 Å². The number of ketones is 2. The molecule has 0 aromatic heterocycles. The van der Waals surface area contributed by atoms with E-state index in [1.165, 1.54) is 31.0 Å². The molecule has 142 valence electrons. The topological polar surface area (TPSA) is 58.6 Å². The summed E-state index contributed by atoms with van der Waals surface area (Å²) < 4.78 is 6.53. The first-order valence-electron chi connectivity index (χ1n) is 9.92. The van der Waals surface area contributed by atoms with Gasteiger partial charge in [-0.2, -0.15) is 0 Å². The van der Waals surface area contributed by atoms with Gasteiger partial charge < -0.3 is 15.0 Å². The Balaban J connectivity index is 1.57. The van der Waals surface area contributed by atoms with Gasteiger partial charge >= 0.3 is 0 Å². The number of carbonyl (C=O) groups is 2. The smallest absolute Gasteiger partial charge is 0.243 e. The minimum absolute atomic E-state index is 0.228. The zero-order valence-electron chi connectivity index (χ0n) is 15.4. The largest absolute Gasteiger partial charge is 0.484 e. The quantitative estimate of drug-likeness (QED) is 0.751. The fourth-order valence-electron chi connectivity index (χ4n) is 4.53. The van der Waals surface area contributed by atoms with Crippen LogP contribution in [-0.4, -0.2) is 49.1 Å². The maximum absolute atomic E-state index is 12.7. The predicted octanol–water partition coefficient (Wildman–Crippen LogP) is 3.00. The lowest BCUT2D eigenvalue weighted by atomic mass is 9.90. The molecule has 5 rings (SSSR count). The van der Waals surface area contributed by atoms with Crippen molar-refractivity contribution in [2.75, 3.05) is 36.8 Å². The van der Waals surface area contributed by atoms with Gasteiger partial charge in [-0.3, -0.25) is 9.59 Å². The number of fused-ring (bicyclic) bond motifs is 2. The summed E-state index contributed by atoms with van der Waals surface area (Å²) in [4.78, 5) is 28.2. The van der Waals surface area contributed by atoms with Gasteiger partial charge in [-0.15, -0.1) is 11.8 Å². The molecule has 0 unspecified atom stereocenters. The summed E-state index contributed by atoms with van der Waals surface area (Å²) in [6.45, 7) is 3.94. The van der Waals surface area contributed by atoms with Crippen molar-refractivity contribution >= 4 is 34.8 Å². The molecular weight excluding hydrogens is 360 g/mol. The van der Waals surface area contributed by atoms with E-state index < -0.39 is 11.6 Å². The van der Waals surface area contributed by atoms with Crippen molar-refractivity contribution in [1.82, 2.24) is 5.32 Å². The Morgan fingerprint density at radius 3 is 2.56 bits per heavy atom. The summed E-state index contributed by atoms with van der Waals surface area (Å²) in [6, 6.07) is 5.87. The SMILES string of the molecule is O=C1C(=O)c2ccc(N3CCCCC3)cc2C2=C1SCC1(CCNCC1)O2. The normalized spacial score (nSPS) is 24.5. The highest BCUT2D eigenvalue weighted by Crippen LogP contribution is 2.47. The molecule has 3 aliphatic heterocycles. The molecular formula is C21H24N2O3S. The van der Waals surface area contributed by atoms with Crippen molar-refractivity contribution in [1.29, 1.82) is 0 Å². The lowest BCUT2D eigenvalue weighted by molar-refractivity contribution is -0.111. The molecule has 1 spiro atoms. The van der Waals surface area contributed by atoms with E-state index in [0.717, 1.165) is 56.0 Å². The summed E-state index contributed by atoms with van der Waals surface area (Å²) in [6.07, 6.45) is 5.54. The van der Waals surface area contributed by atoms with Crippen molar-refractivity contribution in [2.45, 2.75) is 37.7 Å². The molecule has 27 heavy (non-hydrogen) atoms. The number of thioether (sulfide) groups is 1. The molecule has 1 N–H and O–H groups in total. The van der Waals surface area contributed by atoms with Gasteiger partial charge in [0.2, 0.25) is 11.6 Å². The minimum Gasteiger partial charge on any atom is -0.484 e. The van der Waals surface area contributed by atoms with Crippen molar-refractivity contribution in [3.05, 3.63) is 34.2 Å². The Morgan fingerprint density at radius 2 is 1.78 bits per heavy atom. The molecule has 4 aliphatic rings. The lowest BCUT2D eigenvalue weighted by Gasteiger charge is -2.43. The van der Waals surface area contributed by atoms with Gasteiger partial charge in [0.1, 0.15) is 16.3 Å². The number of hydrogen-bond donors (Lipinski definition) is 1. The second-order valence-electron chi connectivity index (χ2n) is 7.92. The van der Waals surface area contributed by atoms with Crippen LogP contribution in [-0.2, 0) is 9.53 Å². The molecule has 2 fully saturated rings. The van der Waals surface area contributed by atoms with Crippen molar-refractivity contribution in [3.63, 3.8) is 0 Å². The van der Waals surface area contributed by atoms with E-state index in [9.17, 15) is 9.59 Å². The molecule has 0 atom stereocenters. The Labute approximate surface area is 163 Å². The molecule has 6 heteroatoms. The fourth-order valence-corrected chi connectivity index (χ4v) is 5.79. The number of nitrogens with zero attached hydrogens (tertiary/aromatic N) is 1. The molecule has 2 saturated heterocycles. The lowest BCUT2D eigenvalue weighted by Crippen LogP contribution is -2.48. The van der Waals surface area contributed by atoms with Crippen LogP contribution in [0.3, 0.4) is 0 Å². The molecule has 1 aromatic rings. The van der Waals surface area contributed by atoms with E-state index in [2.05, 4.69) is 16.3 Å². The maximum atomic E-state index is 12.7. The monoisotopic (exact) mass is 384 g/mol. The number of ether oxygens (including phenoxy) is 1. The number of hydrogen-bond acceptors (Lipinski definition) is 6. The summed E-state index contributed by atoms with van der Waals surface area (Å²) in [7, 11) is 0. The van der Waals surface area contributed by atoms with Gasteiger partial charge in [-0.1, -0.05) is 0 Å². The predicted molar refractivity (Wildman–Crippen MR) is 107 cm³/mol. The number of piperidine rings is 2. The molecule has 3 heterocycles. The fraction of sp³-hybridized carbons (Fsp3) is 0.524. The molecule has 1 aromatic carbocycles. The van der Waals surface area contributed by atoms with Crippen molar-refractivity contribution in [2.24, 2.45) is 0 Å². The first-order chi connectivity index (χ1) is 13.2. The first kappa shape index (κ1) is 17.3. The molecule has 0 amide bonds. The number of Topliss-reactive ketones (excluding diaryl/α,β-unsaturated/α-hetero) is 2. The van der Waals surface area contributed by atoms with Gasteiger partial charge in [0.15, 0.2) is 0 Å². The summed E-state index contributed by atoms with van der Waals surface area (Å²) in [5.41, 5.74) is 2.20. The first-order valence-corrected chi connectivity index (χ1v) is 10.9. The summed E-state index contributed by atoms with van der Waals surface area (Å²) >= 11 is 1.51. The summed E-state index contributed by atoms with van der Waals surface area (Å²) in [5, 5.41) is 3.38. The van der Waals surface area contributed by atoms with E-state index in [4.69, 9.17) is 4.74 Å². The highest BCUT2D eigenvalue weighted by molar-refractivity contribution is 8.04. The minimum atomic E-state index is -0.406. The van der Waals surface area contributed by atoms with Crippen LogP contribution >= 0.6 is 11.8 Å². The van der Waals surface area contributed by atoms with Crippen LogP contribution in [0.5, 0.6) is 0 Å². The van der Waals surface area contributed by atoms with Crippen LogP contribution in [0.4, 0.5) is 5.69 Å². The molecule has 0 radical (unpaired) electrons. The molecule has 0 bridgehead atoms. The number of allylic oxidation sites excluding steroid dienone is 1. The number of rotatable bonds is 1. The highest BCUT2D eigenvalue weighted by atomic mass is 32.2. The Morgan fingerprint density at radius 1 is 1.00 bits per heavy atom. The van der Waals surface area contributed by atoms with Crippen LogP contribution in [0.1, 0.15) is 48.0 Å². The van der Waals surface area contributed by atoms with Crippen molar-refractivity contribution in [3.8, 4) is 0 Å². The maximum Gasteiger partial charge on any atom is 0.243 e. The number of carbonyl (C=O) groups excluding carboxylic acids is 2. The van der Waals surface area contributed by atoms with E-state index in [1.807, 2.05) is 12.1 Å². The number of anilines is 1. The van der Waals surface area contributed by atoms with E-state index >= 15 is 0 Å². The Bertz CT molecular complexity index is 836. The van der Waals surface area contributed by atoms with Crippen LogP contribution in [0.2, 0.25) is 0 Å². The molecule has 1 aliphatic carbocycles. The molecule has 0 saturated carbocycles. The average Bonchev–Trinajstić information content (AvgIpc) is 2.73. The summed E-state index contributed by atoms with van der Waals surface area (Å²) in [5.74, 6) is 0.586. The Hall–Kier alpha value is -1.79. The second-order valence-corrected chi connectivity index (χ2v) is 8.90. The van der Waals surface area contributed by atoms with E-state index in [-0.39, 0.29) is 5.60 Å². The van der Waals surface area contributed by atoms with Crippen LogP contribution in [0.25, 0.3) is 5.76 Å². The average molecular weight is 385 g/mol. The number of benzene rings is 1. The third-order valence-corrected chi connectivity index (χ3v) is 7.48. The van der Waals surface area contributed by atoms with Gasteiger partial charge in [0.25, 0.3) is 0 Å². The number of nitrogens with one attached hydrogen (secondary N) is 1. The highest BCUT2D eigenvalue weighted by Gasteiger charge is 2.45. The zero-order valence-corrected chi connectivity index (χ0v) is 16.2. The Kier molecular flexibility index (Phi) is 4.28. The third-order valence-electron chi connectivity index (χ3n) is 6.15. The third kappa shape index (κ3) is 2.90. The second kappa shape index (κ2) is 6.67.